The number of hydrogen-bond donors (Lipinski definition) is 1. The van der Waals surface area contributed by atoms with Crippen LogP contribution in [0.1, 0.15) is 32.4 Å². The van der Waals surface area contributed by atoms with Gasteiger partial charge >= 0.3 is 0 Å². The van der Waals surface area contributed by atoms with Gasteiger partial charge < -0.3 is 0 Å². The highest BCUT2D eigenvalue weighted by molar-refractivity contribution is 7.90. The molecule has 1 N–H and O–H groups in total. The van der Waals surface area contributed by atoms with E-state index in [-0.39, 0.29) is 6.04 Å². The number of nitrogens with one attached hydrogen (secondary N) is 1. The Bertz CT molecular complexity index is 550. The van der Waals surface area contributed by atoms with Crippen LogP contribution >= 0.6 is 0 Å². The van der Waals surface area contributed by atoms with Crippen molar-refractivity contribution in [3.63, 3.8) is 0 Å². The smallest absolute Gasteiger partial charge is 0.175 e. The largest absolute Gasteiger partial charge is 0.295 e. The van der Waals surface area contributed by atoms with Gasteiger partial charge in [0.15, 0.2) is 9.84 Å². The average Bonchev–Trinajstić information content (AvgIpc) is 2.27. The van der Waals surface area contributed by atoms with Crippen molar-refractivity contribution in [1.82, 2.24) is 5.32 Å². The fourth-order valence-electron chi connectivity index (χ4n) is 1.67. The van der Waals surface area contributed by atoms with Gasteiger partial charge in [-0.15, -0.1) is 6.42 Å². The van der Waals surface area contributed by atoms with Crippen molar-refractivity contribution in [1.29, 1.82) is 0 Å². The number of benzene rings is 1. The lowest BCUT2D eigenvalue weighted by Crippen LogP contribution is -2.39. The summed E-state index contributed by atoms with van der Waals surface area (Å²) in [6, 6.07) is 6.91. The molecule has 98 valence electrons. The summed E-state index contributed by atoms with van der Waals surface area (Å²) in [6.07, 6.45) is 6.62. The molecule has 1 rings (SSSR count). The van der Waals surface area contributed by atoms with Crippen molar-refractivity contribution >= 4 is 9.84 Å². The third kappa shape index (κ3) is 3.86. The Morgan fingerprint density at radius 3 is 2.17 bits per heavy atom. The third-order valence-corrected chi connectivity index (χ3v) is 3.87. The maximum Gasteiger partial charge on any atom is 0.175 e. The van der Waals surface area contributed by atoms with Gasteiger partial charge in [0, 0.05) is 12.3 Å². The minimum absolute atomic E-state index is 0.0599. The van der Waals surface area contributed by atoms with Gasteiger partial charge in [0.2, 0.25) is 0 Å². The molecule has 0 radical (unpaired) electrons. The molecule has 0 fully saturated rings. The summed E-state index contributed by atoms with van der Waals surface area (Å²) >= 11 is 0. The van der Waals surface area contributed by atoms with Gasteiger partial charge in [-0.2, -0.15) is 0 Å². The van der Waals surface area contributed by atoms with Gasteiger partial charge in [-0.05, 0) is 38.5 Å². The molecule has 4 heteroatoms. The number of rotatable bonds is 4. The molecule has 0 heterocycles. The second-order valence-electron chi connectivity index (χ2n) is 4.98. The van der Waals surface area contributed by atoms with Crippen LogP contribution in [-0.2, 0) is 9.84 Å². The van der Waals surface area contributed by atoms with Gasteiger partial charge in [-0.1, -0.05) is 18.1 Å². The molecule has 0 aliphatic heterocycles. The van der Waals surface area contributed by atoms with E-state index in [9.17, 15) is 8.42 Å². The van der Waals surface area contributed by atoms with Crippen LogP contribution in [0.5, 0.6) is 0 Å². The molecule has 0 amide bonds. The Hall–Kier alpha value is -1.31. The Morgan fingerprint density at radius 2 is 1.78 bits per heavy atom. The predicted molar refractivity (Wildman–Crippen MR) is 74.0 cm³/mol. The quantitative estimate of drug-likeness (QED) is 0.849. The molecule has 0 aromatic heterocycles. The van der Waals surface area contributed by atoms with Gasteiger partial charge in [0.25, 0.3) is 0 Å². The first-order valence-corrected chi connectivity index (χ1v) is 7.60. The molecular weight excluding hydrogens is 246 g/mol. The second kappa shape index (κ2) is 5.13. The van der Waals surface area contributed by atoms with Crippen LogP contribution in [0.4, 0.5) is 0 Å². The summed E-state index contributed by atoms with van der Waals surface area (Å²) in [5.74, 6) is 2.67. The molecule has 0 saturated heterocycles. The summed E-state index contributed by atoms with van der Waals surface area (Å²) in [5, 5.41) is 3.29. The number of sulfone groups is 1. The highest BCUT2D eigenvalue weighted by atomic mass is 32.2. The molecule has 0 bridgehead atoms. The molecule has 0 aliphatic rings. The van der Waals surface area contributed by atoms with Gasteiger partial charge in [-0.3, -0.25) is 5.32 Å². The lowest BCUT2D eigenvalue weighted by molar-refractivity contribution is 0.431. The summed E-state index contributed by atoms with van der Waals surface area (Å²) in [4.78, 5) is 0.328. The van der Waals surface area contributed by atoms with Crippen LogP contribution in [0.2, 0.25) is 0 Å². The Balaban J connectivity index is 2.90. The molecule has 1 aromatic carbocycles. The van der Waals surface area contributed by atoms with Crippen LogP contribution < -0.4 is 5.32 Å². The van der Waals surface area contributed by atoms with E-state index in [0.717, 1.165) is 5.56 Å². The molecule has 0 aliphatic carbocycles. The van der Waals surface area contributed by atoms with Crippen molar-refractivity contribution < 1.29 is 8.42 Å². The van der Waals surface area contributed by atoms with Crippen molar-refractivity contribution in [2.45, 2.75) is 37.2 Å². The molecule has 1 unspecified atom stereocenters. The highest BCUT2D eigenvalue weighted by Crippen LogP contribution is 2.18. The Labute approximate surface area is 110 Å². The minimum atomic E-state index is -3.14. The van der Waals surface area contributed by atoms with E-state index >= 15 is 0 Å². The molecule has 3 nitrogen and oxygen atoms in total. The topological polar surface area (TPSA) is 46.2 Å². The first kappa shape index (κ1) is 14.7. The molecular formula is C14H19NO2S. The first-order chi connectivity index (χ1) is 8.15. The van der Waals surface area contributed by atoms with Crippen LogP contribution in [0.25, 0.3) is 0 Å². The molecule has 0 saturated carbocycles. The van der Waals surface area contributed by atoms with Crippen LogP contribution in [0, 0.1) is 12.3 Å². The van der Waals surface area contributed by atoms with E-state index < -0.39 is 15.4 Å². The predicted octanol–water partition coefficient (Wildman–Crippen LogP) is 2.15. The zero-order valence-electron chi connectivity index (χ0n) is 11.2. The third-order valence-electron chi connectivity index (χ3n) is 2.75. The lowest BCUT2D eigenvalue weighted by Gasteiger charge is -2.25. The number of hydrogen-bond acceptors (Lipinski definition) is 3. The summed E-state index contributed by atoms with van der Waals surface area (Å²) in [7, 11) is -3.14. The maximum atomic E-state index is 11.3. The minimum Gasteiger partial charge on any atom is -0.295 e. The summed E-state index contributed by atoms with van der Waals surface area (Å²) in [5.41, 5.74) is 0.611. The molecule has 1 aromatic rings. The fraction of sp³-hybridized carbons (Fsp3) is 0.429. The molecule has 0 spiro atoms. The van der Waals surface area contributed by atoms with E-state index in [1.54, 1.807) is 24.3 Å². The van der Waals surface area contributed by atoms with E-state index in [1.165, 1.54) is 6.26 Å². The molecule has 18 heavy (non-hydrogen) atoms. The van der Waals surface area contributed by atoms with Crippen LogP contribution in [0.3, 0.4) is 0 Å². The van der Waals surface area contributed by atoms with E-state index in [4.69, 9.17) is 6.42 Å². The summed E-state index contributed by atoms with van der Waals surface area (Å²) in [6.45, 7) is 5.84. The van der Waals surface area contributed by atoms with Gasteiger partial charge in [0.1, 0.15) is 0 Å². The van der Waals surface area contributed by atoms with Crippen molar-refractivity contribution in [2.75, 3.05) is 6.26 Å². The highest BCUT2D eigenvalue weighted by Gasteiger charge is 2.18. The normalized spacial score (nSPS) is 13.9. The van der Waals surface area contributed by atoms with E-state index in [1.807, 2.05) is 20.8 Å². The van der Waals surface area contributed by atoms with Gasteiger partial charge in [-0.25, -0.2) is 8.42 Å². The number of terminal acetylenes is 1. The monoisotopic (exact) mass is 265 g/mol. The van der Waals surface area contributed by atoms with E-state index in [2.05, 4.69) is 11.2 Å². The average molecular weight is 265 g/mol. The first-order valence-electron chi connectivity index (χ1n) is 5.71. The molecule has 1 atom stereocenters. The van der Waals surface area contributed by atoms with Crippen molar-refractivity contribution in [2.24, 2.45) is 0 Å². The van der Waals surface area contributed by atoms with Crippen LogP contribution in [-0.4, -0.2) is 20.2 Å². The standard InChI is InChI=1S/C14H19NO2S/c1-6-14(3,4)15-11(2)12-7-9-13(10-8-12)18(5,16)17/h1,7-11,15H,2-5H3. The second-order valence-corrected chi connectivity index (χ2v) is 6.99. The zero-order valence-corrected chi connectivity index (χ0v) is 12.0. The Kier molecular flexibility index (Phi) is 4.20. The van der Waals surface area contributed by atoms with Gasteiger partial charge in [0.05, 0.1) is 10.4 Å². The van der Waals surface area contributed by atoms with E-state index in [0.29, 0.717) is 4.90 Å². The maximum absolute atomic E-state index is 11.3. The van der Waals surface area contributed by atoms with Crippen LogP contribution in [0.15, 0.2) is 29.2 Å². The fourth-order valence-corrected chi connectivity index (χ4v) is 2.30. The van der Waals surface area contributed by atoms with Crippen molar-refractivity contribution in [3.8, 4) is 12.3 Å². The SMILES string of the molecule is C#CC(C)(C)NC(C)c1ccc(S(C)(=O)=O)cc1. The zero-order chi connectivity index (χ0) is 14.0. The Morgan fingerprint density at radius 1 is 1.28 bits per heavy atom. The lowest BCUT2D eigenvalue weighted by atomic mass is 10.0. The van der Waals surface area contributed by atoms with Crippen molar-refractivity contribution in [3.05, 3.63) is 29.8 Å². The summed E-state index contributed by atoms with van der Waals surface area (Å²) < 4.78 is 22.7.